The van der Waals surface area contributed by atoms with Crippen LogP contribution in [0.25, 0.3) is 0 Å². The van der Waals surface area contributed by atoms with Crippen LogP contribution in [-0.2, 0) is 4.79 Å². The van der Waals surface area contributed by atoms with Crippen molar-refractivity contribution in [1.82, 2.24) is 10.6 Å². The molecule has 0 aromatic carbocycles. The van der Waals surface area contributed by atoms with Crippen LogP contribution in [-0.4, -0.2) is 25.0 Å². The van der Waals surface area contributed by atoms with Gasteiger partial charge in [-0.15, -0.1) is 0 Å². The molecule has 0 rings (SSSR count). The Bertz CT molecular complexity index is 169. The van der Waals surface area contributed by atoms with Gasteiger partial charge < -0.3 is 10.6 Å². The smallest absolute Gasteiger partial charge is 0.236 e. The van der Waals surface area contributed by atoms with Crippen molar-refractivity contribution in [2.24, 2.45) is 5.92 Å². The van der Waals surface area contributed by atoms with Gasteiger partial charge >= 0.3 is 0 Å². The Hall–Kier alpha value is -0.570. The molecule has 0 aliphatic rings. The first-order chi connectivity index (χ1) is 7.07. The van der Waals surface area contributed by atoms with Gasteiger partial charge in [0.15, 0.2) is 0 Å². The molecule has 15 heavy (non-hydrogen) atoms. The number of nitrogens with one attached hydrogen (secondary N) is 2. The molecule has 2 N–H and O–H groups in total. The van der Waals surface area contributed by atoms with Crippen LogP contribution in [0.1, 0.15) is 47.0 Å². The Labute approximate surface area is 94.0 Å². The lowest BCUT2D eigenvalue weighted by Crippen LogP contribution is -2.43. The number of hydrogen-bond donors (Lipinski definition) is 2. The van der Waals surface area contributed by atoms with Crippen molar-refractivity contribution in [3.63, 3.8) is 0 Å². The molecule has 0 radical (unpaired) electrons. The normalized spacial score (nSPS) is 12.9. The predicted molar refractivity (Wildman–Crippen MR) is 64.8 cm³/mol. The highest BCUT2D eigenvalue weighted by molar-refractivity contribution is 5.81. The SMILES string of the molecule is CCCCCNC(C)C(=O)NCC(C)C. The van der Waals surface area contributed by atoms with Gasteiger partial charge in [-0.3, -0.25) is 4.79 Å². The second-order valence-electron chi connectivity index (χ2n) is 4.52. The lowest BCUT2D eigenvalue weighted by atomic mass is 10.2. The van der Waals surface area contributed by atoms with E-state index in [2.05, 4.69) is 31.4 Å². The molecule has 0 spiro atoms. The minimum absolute atomic E-state index is 0.0689. The molecule has 0 aromatic rings. The summed E-state index contributed by atoms with van der Waals surface area (Å²) in [7, 11) is 0. The molecule has 0 aliphatic carbocycles. The molecule has 0 saturated carbocycles. The molecule has 0 heterocycles. The molecule has 0 bridgehead atoms. The Kier molecular flexibility index (Phi) is 8.38. The molecule has 3 nitrogen and oxygen atoms in total. The molecule has 1 atom stereocenters. The van der Waals surface area contributed by atoms with Gasteiger partial charge in [-0.1, -0.05) is 33.6 Å². The van der Waals surface area contributed by atoms with Gasteiger partial charge in [0.1, 0.15) is 0 Å². The number of unbranched alkanes of at least 4 members (excludes halogenated alkanes) is 2. The Morgan fingerprint density at radius 1 is 1.20 bits per heavy atom. The van der Waals surface area contributed by atoms with Crippen molar-refractivity contribution in [1.29, 1.82) is 0 Å². The average Bonchev–Trinajstić information content (AvgIpc) is 2.20. The number of carbonyl (C=O) groups excluding carboxylic acids is 1. The Morgan fingerprint density at radius 3 is 2.40 bits per heavy atom. The number of rotatable bonds is 8. The van der Waals surface area contributed by atoms with Crippen LogP contribution < -0.4 is 10.6 Å². The molecular weight excluding hydrogens is 188 g/mol. The van der Waals surface area contributed by atoms with Crippen LogP contribution in [0.15, 0.2) is 0 Å². The van der Waals surface area contributed by atoms with Crippen LogP contribution in [0, 0.1) is 5.92 Å². The highest BCUT2D eigenvalue weighted by Gasteiger charge is 2.10. The van der Waals surface area contributed by atoms with Gasteiger partial charge in [0.05, 0.1) is 6.04 Å². The van der Waals surface area contributed by atoms with E-state index in [1.54, 1.807) is 0 Å². The molecule has 0 aliphatic heterocycles. The molecule has 1 unspecified atom stereocenters. The summed E-state index contributed by atoms with van der Waals surface area (Å²) >= 11 is 0. The lowest BCUT2D eigenvalue weighted by Gasteiger charge is -2.14. The third kappa shape index (κ3) is 8.43. The van der Waals surface area contributed by atoms with E-state index in [1.165, 1.54) is 12.8 Å². The standard InChI is InChI=1S/C12H26N2O/c1-5-6-7-8-13-11(4)12(15)14-9-10(2)3/h10-11,13H,5-9H2,1-4H3,(H,14,15). The van der Waals surface area contributed by atoms with E-state index in [0.29, 0.717) is 5.92 Å². The van der Waals surface area contributed by atoms with Gasteiger partial charge in [-0.25, -0.2) is 0 Å². The van der Waals surface area contributed by atoms with E-state index in [4.69, 9.17) is 0 Å². The molecule has 90 valence electrons. The molecule has 0 fully saturated rings. The minimum Gasteiger partial charge on any atom is -0.354 e. The lowest BCUT2D eigenvalue weighted by molar-refractivity contribution is -0.122. The number of carbonyl (C=O) groups is 1. The molecule has 0 aromatic heterocycles. The van der Waals surface area contributed by atoms with E-state index in [1.807, 2.05) is 6.92 Å². The van der Waals surface area contributed by atoms with Crippen molar-refractivity contribution in [2.45, 2.75) is 53.0 Å². The van der Waals surface area contributed by atoms with Gasteiger partial charge in [0, 0.05) is 6.54 Å². The number of hydrogen-bond acceptors (Lipinski definition) is 2. The van der Waals surface area contributed by atoms with Gasteiger partial charge in [0.2, 0.25) is 5.91 Å². The van der Waals surface area contributed by atoms with E-state index < -0.39 is 0 Å². The van der Waals surface area contributed by atoms with Crippen LogP contribution in [0.5, 0.6) is 0 Å². The van der Waals surface area contributed by atoms with Gasteiger partial charge in [-0.2, -0.15) is 0 Å². The van der Waals surface area contributed by atoms with Crippen LogP contribution in [0.4, 0.5) is 0 Å². The van der Waals surface area contributed by atoms with E-state index in [9.17, 15) is 4.79 Å². The summed E-state index contributed by atoms with van der Waals surface area (Å²) in [5, 5.41) is 6.15. The van der Waals surface area contributed by atoms with Crippen molar-refractivity contribution in [3.8, 4) is 0 Å². The van der Waals surface area contributed by atoms with Crippen LogP contribution >= 0.6 is 0 Å². The Balaban J connectivity index is 3.51. The summed E-state index contributed by atoms with van der Waals surface area (Å²) in [4.78, 5) is 11.5. The Morgan fingerprint density at radius 2 is 1.87 bits per heavy atom. The zero-order chi connectivity index (χ0) is 11.7. The fourth-order valence-corrected chi connectivity index (χ4v) is 1.24. The van der Waals surface area contributed by atoms with E-state index >= 15 is 0 Å². The molecular formula is C12H26N2O. The van der Waals surface area contributed by atoms with Crippen molar-refractivity contribution in [2.75, 3.05) is 13.1 Å². The summed E-state index contributed by atoms with van der Waals surface area (Å²) < 4.78 is 0. The second-order valence-corrected chi connectivity index (χ2v) is 4.52. The third-order valence-electron chi connectivity index (χ3n) is 2.31. The average molecular weight is 214 g/mol. The summed E-state index contributed by atoms with van der Waals surface area (Å²) in [6, 6.07) is -0.0689. The van der Waals surface area contributed by atoms with Crippen LogP contribution in [0.3, 0.4) is 0 Å². The highest BCUT2D eigenvalue weighted by atomic mass is 16.2. The van der Waals surface area contributed by atoms with E-state index in [-0.39, 0.29) is 11.9 Å². The quantitative estimate of drug-likeness (QED) is 0.606. The van der Waals surface area contributed by atoms with Gasteiger partial charge in [0.25, 0.3) is 0 Å². The summed E-state index contributed by atoms with van der Waals surface area (Å²) in [6.07, 6.45) is 3.60. The van der Waals surface area contributed by atoms with E-state index in [0.717, 1.165) is 19.5 Å². The number of amides is 1. The van der Waals surface area contributed by atoms with Crippen molar-refractivity contribution in [3.05, 3.63) is 0 Å². The fraction of sp³-hybridized carbons (Fsp3) is 0.917. The van der Waals surface area contributed by atoms with Crippen LogP contribution in [0.2, 0.25) is 0 Å². The molecule has 1 amide bonds. The largest absolute Gasteiger partial charge is 0.354 e. The fourth-order valence-electron chi connectivity index (χ4n) is 1.24. The second kappa shape index (κ2) is 8.72. The summed E-state index contributed by atoms with van der Waals surface area (Å²) in [5.74, 6) is 0.626. The molecule has 0 saturated heterocycles. The topological polar surface area (TPSA) is 41.1 Å². The maximum Gasteiger partial charge on any atom is 0.236 e. The maximum absolute atomic E-state index is 11.5. The summed E-state index contributed by atoms with van der Waals surface area (Å²) in [6.45, 7) is 9.99. The molecule has 3 heteroatoms. The minimum atomic E-state index is -0.0689. The first kappa shape index (κ1) is 14.4. The first-order valence-electron chi connectivity index (χ1n) is 6.09. The predicted octanol–water partition coefficient (Wildman–Crippen LogP) is 1.93. The third-order valence-corrected chi connectivity index (χ3v) is 2.31. The highest BCUT2D eigenvalue weighted by Crippen LogP contribution is 1.93. The van der Waals surface area contributed by atoms with Crippen molar-refractivity contribution < 1.29 is 4.79 Å². The zero-order valence-corrected chi connectivity index (χ0v) is 10.6. The monoisotopic (exact) mass is 214 g/mol. The van der Waals surface area contributed by atoms with Gasteiger partial charge in [-0.05, 0) is 25.8 Å². The maximum atomic E-state index is 11.5. The zero-order valence-electron chi connectivity index (χ0n) is 10.6. The summed E-state index contributed by atoms with van der Waals surface area (Å²) in [5.41, 5.74) is 0. The first-order valence-corrected chi connectivity index (χ1v) is 6.09. The van der Waals surface area contributed by atoms with Crippen molar-refractivity contribution >= 4 is 5.91 Å².